The van der Waals surface area contributed by atoms with Crippen LogP contribution in [0.4, 0.5) is 19.5 Å². The van der Waals surface area contributed by atoms with Crippen LogP contribution in [0.3, 0.4) is 0 Å². The van der Waals surface area contributed by atoms with E-state index >= 15 is 0 Å². The summed E-state index contributed by atoms with van der Waals surface area (Å²) in [5, 5.41) is 9.78. The monoisotopic (exact) mass is 447 g/mol. The van der Waals surface area contributed by atoms with Crippen molar-refractivity contribution >= 4 is 27.9 Å². The number of nitrogen functional groups attached to an aromatic ring is 1. The Kier molecular flexibility index (Phi) is 6.25. The van der Waals surface area contributed by atoms with E-state index in [1.165, 1.54) is 12.3 Å². The van der Waals surface area contributed by atoms with Crippen molar-refractivity contribution < 1.29 is 13.6 Å². The number of thiazole rings is 1. The maximum atomic E-state index is 14.1. The summed E-state index contributed by atoms with van der Waals surface area (Å²) >= 11 is 0.854. The van der Waals surface area contributed by atoms with Crippen LogP contribution < -0.4 is 16.8 Å². The van der Waals surface area contributed by atoms with E-state index in [0.717, 1.165) is 55.1 Å². The van der Waals surface area contributed by atoms with E-state index in [2.05, 4.69) is 25.4 Å². The molecule has 1 aliphatic heterocycles. The first-order chi connectivity index (χ1) is 15.0. The van der Waals surface area contributed by atoms with E-state index in [9.17, 15) is 13.6 Å². The molecule has 11 heteroatoms. The predicted octanol–water partition coefficient (Wildman–Crippen LogP) is 2.82. The van der Waals surface area contributed by atoms with Gasteiger partial charge in [-0.05, 0) is 44.0 Å². The first-order valence-electron chi connectivity index (χ1n) is 9.93. The highest BCUT2D eigenvalue weighted by Crippen LogP contribution is 2.33. The van der Waals surface area contributed by atoms with Gasteiger partial charge < -0.3 is 16.8 Å². The van der Waals surface area contributed by atoms with Crippen molar-refractivity contribution in [2.75, 3.05) is 30.7 Å². The number of anilines is 2. The van der Waals surface area contributed by atoms with Crippen LogP contribution in [-0.4, -0.2) is 45.6 Å². The largest absolute Gasteiger partial charge is 0.389 e. The van der Waals surface area contributed by atoms with Crippen molar-refractivity contribution in [3.05, 3.63) is 47.4 Å². The molecule has 1 saturated heterocycles. The second kappa shape index (κ2) is 9.08. The van der Waals surface area contributed by atoms with E-state index in [4.69, 9.17) is 11.5 Å². The Morgan fingerprint density at radius 3 is 2.87 bits per heavy atom. The summed E-state index contributed by atoms with van der Waals surface area (Å²) in [4.78, 5) is 19.1. The molecular formula is C20H23F2N7OS. The fraction of sp³-hybridized carbons (Fsp3) is 0.350. The van der Waals surface area contributed by atoms with Gasteiger partial charge in [-0.25, -0.2) is 13.8 Å². The third-order valence-electron chi connectivity index (χ3n) is 5.33. The molecule has 1 aliphatic rings. The Bertz CT molecular complexity index is 1060. The second-order valence-corrected chi connectivity index (χ2v) is 8.55. The minimum atomic E-state index is -0.768. The number of aromatic nitrogens is 3. The van der Waals surface area contributed by atoms with Gasteiger partial charge in [0, 0.05) is 13.1 Å². The summed E-state index contributed by atoms with van der Waals surface area (Å²) in [6, 6.07) is 3.52. The highest BCUT2D eigenvalue weighted by atomic mass is 32.1. The predicted molar refractivity (Wildman–Crippen MR) is 115 cm³/mol. The van der Waals surface area contributed by atoms with Gasteiger partial charge in [0.15, 0.2) is 5.69 Å². The highest BCUT2D eigenvalue weighted by molar-refractivity contribution is 7.19. The Morgan fingerprint density at radius 1 is 1.35 bits per heavy atom. The number of nitrogens with zero attached hydrogens (tertiary/aromatic N) is 3. The molecule has 0 unspecified atom stereocenters. The Hall–Kier alpha value is -2.89. The lowest BCUT2D eigenvalue weighted by atomic mass is 9.98. The summed E-state index contributed by atoms with van der Waals surface area (Å²) in [6.07, 6.45) is 3.70. The van der Waals surface area contributed by atoms with Gasteiger partial charge in [-0.3, -0.25) is 14.8 Å². The topological polar surface area (TPSA) is 126 Å². The van der Waals surface area contributed by atoms with Crippen LogP contribution in [-0.2, 0) is 6.54 Å². The van der Waals surface area contributed by atoms with Gasteiger partial charge in [0.25, 0.3) is 5.91 Å². The van der Waals surface area contributed by atoms with Gasteiger partial charge >= 0.3 is 0 Å². The molecule has 1 aromatic carbocycles. The second-order valence-electron chi connectivity index (χ2n) is 7.52. The molecule has 1 amide bonds. The molecule has 0 bridgehead atoms. The number of nitrogens with one attached hydrogen (secondary N) is 2. The van der Waals surface area contributed by atoms with Crippen LogP contribution in [0.15, 0.2) is 24.4 Å². The van der Waals surface area contributed by atoms with E-state index < -0.39 is 17.5 Å². The van der Waals surface area contributed by atoms with Gasteiger partial charge in [0.1, 0.15) is 21.6 Å². The average molecular weight is 448 g/mol. The summed E-state index contributed by atoms with van der Waals surface area (Å²) in [7, 11) is 0. The van der Waals surface area contributed by atoms with Crippen molar-refractivity contribution in [1.29, 1.82) is 0 Å². The number of aromatic amines is 1. The van der Waals surface area contributed by atoms with Crippen molar-refractivity contribution in [3.8, 4) is 10.6 Å². The van der Waals surface area contributed by atoms with Gasteiger partial charge in [-0.2, -0.15) is 5.10 Å². The van der Waals surface area contributed by atoms with Crippen molar-refractivity contribution in [3.63, 3.8) is 0 Å². The van der Waals surface area contributed by atoms with Gasteiger partial charge in [-0.15, -0.1) is 0 Å². The van der Waals surface area contributed by atoms with E-state index in [1.807, 2.05) is 0 Å². The van der Waals surface area contributed by atoms with E-state index in [-0.39, 0.29) is 21.3 Å². The minimum Gasteiger partial charge on any atom is -0.389 e. The highest BCUT2D eigenvalue weighted by Gasteiger charge is 2.24. The Morgan fingerprint density at radius 2 is 2.13 bits per heavy atom. The molecule has 6 N–H and O–H groups in total. The standard InChI is InChI=1S/C20H23F2N7OS/c21-12-4-1-5-13(22)16(12)20-27-17(18(24)31-20)19(30)26-14-8-25-28-15(14)10-29-6-2-3-11(7-23)9-29/h1,4-5,8,11H,2-3,6-7,9-10,23-24H2,(H,25,28)(H,26,30)/t11-/m0/s1. The number of hydrogen-bond acceptors (Lipinski definition) is 7. The average Bonchev–Trinajstić information content (AvgIpc) is 3.34. The number of rotatable bonds is 6. The smallest absolute Gasteiger partial charge is 0.277 e. The third-order valence-corrected chi connectivity index (χ3v) is 6.23. The number of amides is 1. The third kappa shape index (κ3) is 4.58. The number of nitrogens with two attached hydrogens (primary N) is 2. The fourth-order valence-electron chi connectivity index (χ4n) is 3.74. The van der Waals surface area contributed by atoms with Crippen LogP contribution >= 0.6 is 11.3 Å². The van der Waals surface area contributed by atoms with Gasteiger partial charge in [-0.1, -0.05) is 17.4 Å². The van der Waals surface area contributed by atoms with Crippen LogP contribution in [0, 0.1) is 17.6 Å². The molecule has 4 rings (SSSR count). The van der Waals surface area contributed by atoms with Crippen LogP contribution in [0.1, 0.15) is 29.0 Å². The molecule has 1 fully saturated rings. The zero-order chi connectivity index (χ0) is 22.0. The molecule has 164 valence electrons. The van der Waals surface area contributed by atoms with Crippen LogP contribution in [0.5, 0.6) is 0 Å². The van der Waals surface area contributed by atoms with Gasteiger partial charge in [0.2, 0.25) is 0 Å². The molecule has 0 aliphatic carbocycles. The number of carbonyl (C=O) groups is 1. The number of halogens is 2. The first-order valence-corrected chi connectivity index (χ1v) is 10.7. The summed E-state index contributed by atoms with van der Waals surface area (Å²) in [6.45, 7) is 3.07. The summed E-state index contributed by atoms with van der Waals surface area (Å²) in [5.74, 6) is -1.65. The van der Waals surface area contributed by atoms with Crippen LogP contribution in [0.25, 0.3) is 10.6 Å². The number of hydrogen-bond donors (Lipinski definition) is 4. The summed E-state index contributed by atoms with van der Waals surface area (Å²) < 4.78 is 28.1. The molecule has 3 aromatic rings. The van der Waals surface area contributed by atoms with E-state index in [1.54, 1.807) is 0 Å². The normalized spacial score (nSPS) is 17.1. The van der Waals surface area contributed by atoms with Gasteiger partial charge in [0.05, 0.1) is 23.1 Å². The zero-order valence-corrected chi connectivity index (χ0v) is 17.5. The van der Waals surface area contributed by atoms with Crippen molar-refractivity contribution in [2.45, 2.75) is 19.4 Å². The number of benzene rings is 1. The lowest BCUT2D eigenvalue weighted by molar-refractivity contribution is 0.102. The van der Waals surface area contributed by atoms with E-state index in [0.29, 0.717) is 24.7 Å². The lowest BCUT2D eigenvalue weighted by Gasteiger charge is -2.31. The fourth-order valence-corrected chi connectivity index (χ4v) is 4.61. The Labute approximate surface area is 181 Å². The molecule has 2 aromatic heterocycles. The molecule has 0 radical (unpaired) electrons. The molecule has 8 nitrogen and oxygen atoms in total. The van der Waals surface area contributed by atoms with Crippen LogP contribution in [0.2, 0.25) is 0 Å². The first kappa shape index (κ1) is 21.3. The molecule has 31 heavy (non-hydrogen) atoms. The maximum absolute atomic E-state index is 14.1. The molecule has 1 atom stereocenters. The molecule has 3 heterocycles. The molecule has 0 saturated carbocycles. The maximum Gasteiger partial charge on any atom is 0.277 e. The van der Waals surface area contributed by atoms with Crippen molar-refractivity contribution in [2.24, 2.45) is 11.7 Å². The zero-order valence-electron chi connectivity index (χ0n) is 16.7. The minimum absolute atomic E-state index is 0.00631. The van der Waals surface area contributed by atoms with Crippen molar-refractivity contribution in [1.82, 2.24) is 20.1 Å². The molecular weight excluding hydrogens is 424 g/mol. The number of likely N-dealkylation sites (tertiary alicyclic amines) is 1. The lowest BCUT2D eigenvalue weighted by Crippen LogP contribution is -2.38. The Balaban J connectivity index is 1.50. The number of H-pyrrole nitrogens is 1. The molecule has 0 spiro atoms. The number of carbonyl (C=O) groups excluding carboxylic acids is 1. The summed E-state index contributed by atoms with van der Waals surface area (Å²) in [5.41, 5.74) is 12.6. The quantitative estimate of drug-likeness (QED) is 0.460. The number of piperidine rings is 1. The SMILES string of the molecule is NC[C@@H]1CCCN(Cc2[nH]ncc2NC(=O)c2nc(-c3c(F)cccc3F)sc2N)C1.